The van der Waals surface area contributed by atoms with E-state index in [9.17, 15) is 9.59 Å². The van der Waals surface area contributed by atoms with Crippen LogP contribution in [0.4, 0.5) is 0 Å². The number of thioether (sulfide) groups is 1. The molecule has 2 heterocycles. The van der Waals surface area contributed by atoms with Gasteiger partial charge in [0.25, 0.3) is 5.91 Å². The van der Waals surface area contributed by atoms with E-state index >= 15 is 0 Å². The standard InChI is InChI=1S/C21H28N2O4S/c1-21(2)17(18(24)22-12-8-6-5-7-9-12)23-19(25)15-13(20(23)28-21)10-11-14(26-3)16(15)27-4/h10-12,17,20H,5-9H2,1-4H3,(H,22,24)/t17-,20?/m1/s1. The summed E-state index contributed by atoms with van der Waals surface area (Å²) in [5.41, 5.74) is 1.42. The molecule has 28 heavy (non-hydrogen) atoms. The number of carbonyl (C=O) groups excluding carboxylic acids is 2. The van der Waals surface area contributed by atoms with E-state index < -0.39 is 6.04 Å². The number of fused-ring (bicyclic) bond motifs is 3. The number of nitrogens with zero attached hydrogens (tertiary/aromatic N) is 1. The van der Waals surface area contributed by atoms with Crippen LogP contribution in [-0.2, 0) is 4.79 Å². The van der Waals surface area contributed by atoms with Gasteiger partial charge >= 0.3 is 0 Å². The SMILES string of the molecule is COc1ccc2c(c1OC)C(=O)N1C2SC(C)(C)[C@H]1C(=O)NC1CCCCC1. The third-order valence-electron chi connectivity index (χ3n) is 6.10. The molecule has 1 aromatic rings. The Labute approximate surface area is 170 Å². The van der Waals surface area contributed by atoms with Crippen molar-refractivity contribution < 1.29 is 19.1 Å². The number of ether oxygens (including phenoxy) is 2. The minimum absolute atomic E-state index is 0.0426. The molecule has 1 aliphatic carbocycles. The summed E-state index contributed by atoms with van der Waals surface area (Å²) in [4.78, 5) is 28.4. The zero-order valence-electron chi connectivity index (χ0n) is 16.9. The molecule has 2 fully saturated rings. The first-order valence-electron chi connectivity index (χ1n) is 9.94. The van der Waals surface area contributed by atoms with Gasteiger partial charge in [-0.1, -0.05) is 25.3 Å². The van der Waals surface area contributed by atoms with E-state index in [1.54, 1.807) is 30.9 Å². The first kappa shape index (κ1) is 19.4. The Bertz CT molecular complexity index is 804. The van der Waals surface area contributed by atoms with Gasteiger partial charge in [0.05, 0.1) is 19.8 Å². The highest BCUT2D eigenvalue weighted by atomic mass is 32.2. The monoisotopic (exact) mass is 404 g/mol. The van der Waals surface area contributed by atoms with Crippen molar-refractivity contribution in [2.24, 2.45) is 0 Å². The smallest absolute Gasteiger partial charge is 0.260 e. The van der Waals surface area contributed by atoms with Crippen LogP contribution in [-0.4, -0.2) is 47.8 Å². The number of amides is 2. The maximum absolute atomic E-state index is 13.4. The Kier molecular flexibility index (Phi) is 4.98. The van der Waals surface area contributed by atoms with Crippen molar-refractivity contribution in [3.8, 4) is 11.5 Å². The molecule has 6 nitrogen and oxygen atoms in total. The summed E-state index contributed by atoms with van der Waals surface area (Å²) in [6, 6.07) is 3.46. The molecule has 2 atom stereocenters. The molecule has 0 aromatic heterocycles. The fraction of sp³-hybridized carbons (Fsp3) is 0.619. The van der Waals surface area contributed by atoms with Crippen LogP contribution in [0.3, 0.4) is 0 Å². The van der Waals surface area contributed by atoms with Gasteiger partial charge in [-0.2, -0.15) is 0 Å². The van der Waals surface area contributed by atoms with Gasteiger partial charge < -0.3 is 19.7 Å². The molecule has 4 rings (SSSR count). The third-order valence-corrected chi connectivity index (χ3v) is 7.63. The van der Waals surface area contributed by atoms with Crippen LogP contribution in [0.5, 0.6) is 11.5 Å². The van der Waals surface area contributed by atoms with Gasteiger partial charge in [0.2, 0.25) is 5.91 Å². The number of rotatable bonds is 4. The quantitative estimate of drug-likeness (QED) is 0.832. The summed E-state index contributed by atoms with van der Waals surface area (Å²) in [6.07, 6.45) is 5.59. The highest BCUT2D eigenvalue weighted by Crippen LogP contribution is 2.58. The van der Waals surface area contributed by atoms with Gasteiger partial charge in [-0.05, 0) is 32.8 Å². The molecule has 0 bridgehead atoms. The molecule has 1 N–H and O–H groups in total. The molecule has 1 aromatic carbocycles. The van der Waals surface area contributed by atoms with E-state index in [-0.39, 0.29) is 28.0 Å². The van der Waals surface area contributed by atoms with Gasteiger partial charge in [0, 0.05) is 16.4 Å². The van der Waals surface area contributed by atoms with E-state index in [2.05, 4.69) is 19.2 Å². The lowest BCUT2D eigenvalue weighted by molar-refractivity contribution is -0.127. The molecule has 2 aliphatic heterocycles. The molecular formula is C21H28N2O4S. The molecule has 2 amide bonds. The summed E-state index contributed by atoms with van der Waals surface area (Å²) in [6.45, 7) is 4.10. The largest absolute Gasteiger partial charge is 0.493 e. The summed E-state index contributed by atoms with van der Waals surface area (Å²) in [5.74, 6) is 0.782. The molecule has 152 valence electrons. The van der Waals surface area contributed by atoms with Crippen molar-refractivity contribution >= 4 is 23.6 Å². The molecule has 7 heteroatoms. The van der Waals surface area contributed by atoms with E-state index in [1.165, 1.54) is 6.42 Å². The molecular weight excluding hydrogens is 376 g/mol. The van der Waals surface area contributed by atoms with Crippen LogP contribution in [0.1, 0.15) is 67.2 Å². The van der Waals surface area contributed by atoms with E-state index in [0.717, 1.165) is 31.2 Å². The van der Waals surface area contributed by atoms with E-state index in [4.69, 9.17) is 9.47 Å². The van der Waals surface area contributed by atoms with E-state index in [0.29, 0.717) is 17.1 Å². The lowest BCUT2D eigenvalue weighted by Gasteiger charge is -2.32. The van der Waals surface area contributed by atoms with Crippen molar-refractivity contribution in [1.29, 1.82) is 0 Å². The number of carbonyl (C=O) groups is 2. The fourth-order valence-electron chi connectivity index (χ4n) is 4.78. The van der Waals surface area contributed by atoms with Crippen molar-refractivity contribution in [3.63, 3.8) is 0 Å². The molecule has 1 unspecified atom stereocenters. The summed E-state index contributed by atoms with van der Waals surface area (Å²) >= 11 is 1.66. The number of hydrogen-bond acceptors (Lipinski definition) is 5. The van der Waals surface area contributed by atoms with Gasteiger partial charge in [-0.3, -0.25) is 9.59 Å². The van der Waals surface area contributed by atoms with Gasteiger partial charge in [0.15, 0.2) is 11.5 Å². The average molecular weight is 405 g/mol. The Morgan fingerprint density at radius 2 is 1.89 bits per heavy atom. The predicted molar refractivity (Wildman–Crippen MR) is 109 cm³/mol. The molecule has 0 radical (unpaired) electrons. The first-order valence-corrected chi connectivity index (χ1v) is 10.8. The third kappa shape index (κ3) is 2.95. The number of benzene rings is 1. The fourth-order valence-corrected chi connectivity index (χ4v) is 6.36. The molecule has 0 spiro atoms. The van der Waals surface area contributed by atoms with Crippen molar-refractivity contribution in [2.75, 3.05) is 14.2 Å². The first-order chi connectivity index (χ1) is 13.4. The average Bonchev–Trinajstić information content (AvgIpc) is 3.11. The number of hydrogen-bond donors (Lipinski definition) is 1. The summed E-state index contributed by atoms with van der Waals surface area (Å²) < 4.78 is 10.5. The number of methoxy groups -OCH3 is 2. The Morgan fingerprint density at radius 3 is 2.54 bits per heavy atom. The van der Waals surface area contributed by atoms with Crippen molar-refractivity contribution in [1.82, 2.24) is 10.2 Å². The Balaban J connectivity index is 1.67. The number of nitrogens with one attached hydrogen (secondary N) is 1. The lowest BCUT2D eigenvalue weighted by atomic mass is 9.94. The zero-order chi connectivity index (χ0) is 20.1. The Morgan fingerprint density at radius 1 is 1.18 bits per heavy atom. The van der Waals surface area contributed by atoms with Crippen LogP contribution < -0.4 is 14.8 Å². The minimum atomic E-state index is -0.514. The second-order valence-corrected chi connectivity index (χ2v) is 10.0. The van der Waals surface area contributed by atoms with Crippen LogP contribution in [0, 0.1) is 0 Å². The molecule has 3 aliphatic rings. The second kappa shape index (κ2) is 7.17. The lowest BCUT2D eigenvalue weighted by Crippen LogP contribution is -2.54. The highest BCUT2D eigenvalue weighted by molar-refractivity contribution is 8.01. The second-order valence-electron chi connectivity index (χ2n) is 8.30. The topological polar surface area (TPSA) is 67.9 Å². The van der Waals surface area contributed by atoms with Gasteiger partial charge in [-0.25, -0.2) is 0 Å². The Hall–Kier alpha value is -1.89. The normalized spacial score (nSPS) is 26.0. The molecule has 1 saturated heterocycles. The van der Waals surface area contributed by atoms with Crippen LogP contribution in [0.25, 0.3) is 0 Å². The van der Waals surface area contributed by atoms with Crippen LogP contribution in [0.15, 0.2) is 12.1 Å². The highest BCUT2D eigenvalue weighted by Gasteiger charge is 2.58. The van der Waals surface area contributed by atoms with Gasteiger partial charge in [-0.15, -0.1) is 11.8 Å². The summed E-state index contributed by atoms with van der Waals surface area (Å²) in [5, 5.41) is 3.04. The van der Waals surface area contributed by atoms with E-state index in [1.807, 2.05) is 12.1 Å². The van der Waals surface area contributed by atoms with Crippen molar-refractivity contribution in [3.05, 3.63) is 23.3 Å². The predicted octanol–water partition coefficient (Wildman–Crippen LogP) is 3.50. The van der Waals surface area contributed by atoms with Gasteiger partial charge in [0.1, 0.15) is 11.4 Å². The molecule has 1 saturated carbocycles. The minimum Gasteiger partial charge on any atom is -0.493 e. The maximum Gasteiger partial charge on any atom is 0.260 e. The van der Waals surface area contributed by atoms with Crippen LogP contribution >= 0.6 is 11.8 Å². The summed E-state index contributed by atoms with van der Waals surface area (Å²) in [7, 11) is 3.10. The van der Waals surface area contributed by atoms with Crippen LogP contribution in [0.2, 0.25) is 0 Å². The van der Waals surface area contributed by atoms with Crippen molar-refractivity contribution in [2.45, 2.75) is 68.2 Å². The maximum atomic E-state index is 13.4. The zero-order valence-corrected chi connectivity index (χ0v) is 17.7.